The summed E-state index contributed by atoms with van der Waals surface area (Å²) in [5.74, 6) is 0.591. The highest BCUT2D eigenvalue weighted by atomic mass is 35.5. The zero-order chi connectivity index (χ0) is 24.6. The molecule has 0 bridgehead atoms. The predicted octanol–water partition coefficient (Wildman–Crippen LogP) is 5.23. The van der Waals surface area contributed by atoms with E-state index in [1.54, 1.807) is 24.3 Å². The number of aryl methyl sites for hydroxylation is 1. The van der Waals surface area contributed by atoms with Crippen molar-refractivity contribution in [1.29, 1.82) is 0 Å². The number of benzene rings is 2. The molecule has 10 heteroatoms. The lowest BCUT2D eigenvalue weighted by atomic mass is 10.1. The molecule has 0 aliphatic rings. The van der Waals surface area contributed by atoms with Crippen LogP contribution in [0.2, 0.25) is 5.02 Å². The lowest BCUT2D eigenvalue weighted by Crippen LogP contribution is -2.11. The van der Waals surface area contributed by atoms with E-state index in [2.05, 4.69) is 20.3 Å². The average molecular weight is 502 g/mol. The molecule has 0 radical (unpaired) electrons. The van der Waals surface area contributed by atoms with Crippen molar-refractivity contribution in [1.82, 2.24) is 19.5 Å². The monoisotopic (exact) mass is 501 g/mol. The first-order chi connectivity index (χ1) is 16.1. The molecule has 178 valence electrons. The van der Waals surface area contributed by atoms with Gasteiger partial charge in [0.1, 0.15) is 11.3 Å². The summed E-state index contributed by atoms with van der Waals surface area (Å²) < 4.78 is 40.9. The number of rotatable bonds is 7. The van der Waals surface area contributed by atoms with Gasteiger partial charge in [-0.1, -0.05) is 29.8 Å². The molecule has 0 aliphatic carbocycles. The Morgan fingerprint density at radius 2 is 1.91 bits per heavy atom. The summed E-state index contributed by atoms with van der Waals surface area (Å²) in [6.45, 7) is 6.28. The summed E-state index contributed by atoms with van der Waals surface area (Å²) in [6.07, 6.45) is 3.11. The zero-order valence-electron chi connectivity index (χ0n) is 19.3. The second-order valence-corrected chi connectivity index (χ2v) is 10.8. The Bertz CT molecular complexity index is 1480. The van der Waals surface area contributed by atoms with E-state index in [-0.39, 0.29) is 6.04 Å². The van der Waals surface area contributed by atoms with Crippen LogP contribution in [0.15, 0.2) is 47.5 Å². The average Bonchev–Trinajstić information content (AvgIpc) is 3.11. The topological polar surface area (TPSA) is 89.8 Å². The molecular weight excluding hydrogens is 477 g/mol. The number of aromatic nitrogens is 4. The number of nitrogens with one attached hydrogen (secondary N) is 1. The Balaban J connectivity index is 1.63. The number of halogens is 2. The summed E-state index contributed by atoms with van der Waals surface area (Å²) in [6, 6.07) is 10.2. The lowest BCUT2D eigenvalue weighted by molar-refractivity contribution is 0.599. The van der Waals surface area contributed by atoms with Crippen molar-refractivity contribution in [2.75, 3.05) is 18.1 Å². The molecule has 4 rings (SSSR count). The fourth-order valence-electron chi connectivity index (χ4n) is 4.09. The van der Waals surface area contributed by atoms with Crippen LogP contribution in [0.5, 0.6) is 0 Å². The highest BCUT2D eigenvalue weighted by Gasteiger charge is 2.18. The van der Waals surface area contributed by atoms with Gasteiger partial charge in [0.2, 0.25) is 5.95 Å². The maximum atomic E-state index is 14.9. The number of sulfone groups is 1. The van der Waals surface area contributed by atoms with E-state index in [0.717, 1.165) is 5.82 Å². The van der Waals surface area contributed by atoms with Gasteiger partial charge in [-0.15, -0.1) is 0 Å². The van der Waals surface area contributed by atoms with Gasteiger partial charge in [-0.3, -0.25) is 0 Å². The minimum absolute atomic E-state index is 0.104. The summed E-state index contributed by atoms with van der Waals surface area (Å²) in [4.78, 5) is 13.4. The van der Waals surface area contributed by atoms with Gasteiger partial charge in [0.15, 0.2) is 15.7 Å². The van der Waals surface area contributed by atoms with Crippen LogP contribution in [-0.2, 0) is 16.3 Å². The maximum Gasteiger partial charge on any atom is 0.223 e. The standard InChI is InChI=1S/C24H25ClFN5O2S/c1-14(2)31-15(3)29-23-19(26)11-17(12-20(23)31)22-18(25)13-28-24(30-22)27-10-9-16-7-5-6-8-21(16)34(4,32)33/h5-8,11-14H,9-10H2,1-4H3,(H,27,28,30). The summed E-state index contributed by atoms with van der Waals surface area (Å²) in [5, 5.41) is 3.40. The smallest absolute Gasteiger partial charge is 0.223 e. The minimum atomic E-state index is -3.33. The van der Waals surface area contributed by atoms with Gasteiger partial charge in [-0.25, -0.2) is 27.8 Å². The van der Waals surface area contributed by atoms with Crippen molar-refractivity contribution in [3.63, 3.8) is 0 Å². The third kappa shape index (κ3) is 4.76. The molecule has 0 spiro atoms. The van der Waals surface area contributed by atoms with Gasteiger partial charge < -0.3 is 9.88 Å². The number of fused-ring (bicyclic) bond motifs is 1. The number of hydrogen-bond donors (Lipinski definition) is 1. The first-order valence-corrected chi connectivity index (χ1v) is 13.1. The van der Waals surface area contributed by atoms with Crippen LogP contribution in [-0.4, -0.2) is 40.7 Å². The summed E-state index contributed by atoms with van der Waals surface area (Å²) in [7, 11) is -3.33. The zero-order valence-corrected chi connectivity index (χ0v) is 20.9. The Hall–Kier alpha value is -3.04. The van der Waals surface area contributed by atoms with Gasteiger partial charge >= 0.3 is 0 Å². The van der Waals surface area contributed by atoms with Crippen LogP contribution < -0.4 is 5.32 Å². The predicted molar refractivity (Wildman–Crippen MR) is 133 cm³/mol. The van der Waals surface area contributed by atoms with Crippen molar-refractivity contribution < 1.29 is 12.8 Å². The van der Waals surface area contributed by atoms with Crippen LogP contribution >= 0.6 is 11.6 Å². The summed E-state index contributed by atoms with van der Waals surface area (Å²) >= 11 is 6.38. The largest absolute Gasteiger partial charge is 0.354 e. The van der Waals surface area contributed by atoms with Gasteiger partial charge in [0, 0.05) is 24.4 Å². The van der Waals surface area contributed by atoms with Gasteiger partial charge in [-0.05, 0) is 51.0 Å². The molecule has 0 fully saturated rings. The van der Waals surface area contributed by atoms with Gasteiger partial charge in [0.05, 0.1) is 27.3 Å². The first kappa shape index (κ1) is 24.1. The van der Waals surface area contributed by atoms with Crippen molar-refractivity contribution >= 4 is 38.4 Å². The number of hydrogen-bond acceptors (Lipinski definition) is 6. The molecule has 2 aromatic heterocycles. The van der Waals surface area contributed by atoms with E-state index < -0.39 is 15.7 Å². The van der Waals surface area contributed by atoms with Crippen molar-refractivity contribution in [3.05, 3.63) is 64.8 Å². The van der Waals surface area contributed by atoms with Crippen molar-refractivity contribution in [3.8, 4) is 11.3 Å². The maximum absolute atomic E-state index is 14.9. The molecule has 2 aromatic carbocycles. The third-order valence-corrected chi connectivity index (χ3v) is 6.98. The van der Waals surface area contributed by atoms with E-state index in [9.17, 15) is 12.8 Å². The second-order valence-electron chi connectivity index (χ2n) is 8.40. The quantitative estimate of drug-likeness (QED) is 0.373. The third-order valence-electron chi connectivity index (χ3n) is 5.51. The molecule has 0 saturated carbocycles. The van der Waals surface area contributed by atoms with Crippen LogP contribution in [0.3, 0.4) is 0 Å². The highest BCUT2D eigenvalue weighted by Crippen LogP contribution is 2.32. The van der Waals surface area contributed by atoms with E-state index in [1.807, 2.05) is 31.4 Å². The van der Waals surface area contributed by atoms with Crippen LogP contribution in [0.25, 0.3) is 22.3 Å². The van der Waals surface area contributed by atoms with Crippen LogP contribution in [0.1, 0.15) is 31.3 Å². The Morgan fingerprint density at radius 1 is 1.18 bits per heavy atom. The van der Waals surface area contributed by atoms with Crippen LogP contribution in [0, 0.1) is 12.7 Å². The van der Waals surface area contributed by atoms with E-state index in [1.165, 1.54) is 18.5 Å². The molecule has 0 atom stereocenters. The normalized spacial score (nSPS) is 12.0. The fraction of sp³-hybridized carbons (Fsp3) is 0.292. The molecule has 0 saturated heterocycles. The minimum Gasteiger partial charge on any atom is -0.354 e. The Morgan fingerprint density at radius 3 is 2.62 bits per heavy atom. The van der Waals surface area contributed by atoms with Crippen LogP contribution in [0.4, 0.5) is 10.3 Å². The highest BCUT2D eigenvalue weighted by molar-refractivity contribution is 7.90. The molecule has 0 unspecified atom stereocenters. The van der Waals surface area contributed by atoms with Gasteiger partial charge in [0.25, 0.3) is 0 Å². The lowest BCUT2D eigenvalue weighted by Gasteiger charge is -2.13. The molecular formula is C24H25ClFN5O2S. The molecule has 1 N–H and O–H groups in total. The molecule has 34 heavy (non-hydrogen) atoms. The van der Waals surface area contributed by atoms with Gasteiger partial charge in [-0.2, -0.15) is 0 Å². The number of anilines is 1. The number of nitrogens with zero attached hydrogens (tertiary/aromatic N) is 4. The van der Waals surface area contributed by atoms with E-state index in [0.29, 0.717) is 56.7 Å². The summed E-state index contributed by atoms with van der Waals surface area (Å²) in [5.41, 5.74) is 2.60. The van der Waals surface area contributed by atoms with E-state index >= 15 is 0 Å². The second kappa shape index (κ2) is 9.31. The molecule has 7 nitrogen and oxygen atoms in total. The van der Waals surface area contributed by atoms with Crippen molar-refractivity contribution in [2.24, 2.45) is 0 Å². The Kier molecular flexibility index (Phi) is 6.60. The molecule has 0 aliphatic heterocycles. The first-order valence-electron chi connectivity index (χ1n) is 10.8. The molecule has 4 aromatic rings. The fourth-order valence-corrected chi connectivity index (χ4v) is 5.27. The SMILES string of the molecule is Cc1nc2c(F)cc(-c3nc(NCCc4ccccc4S(C)(=O)=O)ncc3Cl)cc2n1C(C)C. The molecule has 2 heterocycles. The Labute approximate surface area is 203 Å². The number of imidazole rings is 1. The molecule has 0 amide bonds. The van der Waals surface area contributed by atoms with E-state index in [4.69, 9.17) is 11.6 Å². The van der Waals surface area contributed by atoms with Crippen molar-refractivity contribution in [2.45, 2.75) is 38.1 Å².